The van der Waals surface area contributed by atoms with E-state index in [1.807, 2.05) is 12.1 Å². The van der Waals surface area contributed by atoms with Crippen LogP contribution >= 0.6 is 0 Å². The summed E-state index contributed by atoms with van der Waals surface area (Å²) in [5.41, 5.74) is 1.31. The third-order valence-corrected chi connectivity index (χ3v) is 4.60. The second-order valence-corrected chi connectivity index (χ2v) is 6.20. The monoisotopic (exact) mass is 290 g/mol. The van der Waals surface area contributed by atoms with E-state index in [0.717, 1.165) is 44.5 Å². The maximum Gasteiger partial charge on any atom is 0.306 e. The molecule has 116 valence electrons. The van der Waals surface area contributed by atoms with Gasteiger partial charge in [0.2, 0.25) is 0 Å². The van der Waals surface area contributed by atoms with E-state index in [0.29, 0.717) is 5.92 Å². The van der Waals surface area contributed by atoms with Gasteiger partial charge < -0.3 is 9.84 Å². The van der Waals surface area contributed by atoms with Crippen LogP contribution < -0.4 is 4.74 Å². The topological polar surface area (TPSA) is 46.5 Å². The van der Waals surface area contributed by atoms with Gasteiger partial charge in [0, 0.05) is 0 Å². The van der Waals surface area contributed by atoms with Crippen molar-refractivity contribution in [3.05, 3.63) is 29.8 Å². The van der Waals surface area contributed by atoms with Crippen molar-refractivity contribution < 1.29 is 14.6 Å². The molecular weight excluding hydrogens is 264 g/mol. The van der Waals surface area contributed by atoms with Crippen LogP contribution in [0.4, 0.5) is 0 Å². The van der Waals surface area contributed by atoms with E-state index in [9.17, 15) is 9.90 Å². The van der Waals surface area contributed by atoms with Crippen molar-refractivity contribution >= 4 is 5.97 Å². The molecule has 0 aliphatic heterocycles. The first-order valence-corrected chi connectivity index (χ1v) is 8.07. The van der Waals surface area contributed by atoms with Gasteiger partial charge in [0.1, 0.15) is 5.75 Å². The molecule has 0 aromatic heterocycles. The van der Waals surface area contributed by atoms with Crippen molar-refractivity contribution in [3.8, 4) is 5.75 Å². The largest absolute Gasteiger partial charge is 0.494 e. The second-order valence-electron chi connectivity index (χ2n) is 6.20. The van der Waals surface area contributed by atoms with Crippen LogP contribution in [-0.2, 0) is 4.79 Å². The maximum absolute atomic E-state index is 11.2. The SMILES string of the molecule is CCCCOc1ccc(C2CCC(C(=O)O)C(C)C2)cc1. The lowest BCUT2D eigenvalue weighted by Crippen LogP contribution is -2.28. The Balaban J connectivity index is 1.92. The van der Waals surface area contributed by atoms with Gasteiger partial charge in [-0.3, -0.25) is 4.79 Å². The number of carboxylic acid groups (broad SMARTS) is 1. The molecular formula is C18H26O3. The summed E-state index contributed by atoms with van der Waals surface area (Å²) in [6.45, 7) is 4.99. The average Bonchev–Trinajstić information content (AvgIpc) is 2.48. The Hall–Kier alpha value is -1.51. The van der Waals surface area contributed by atoms with Crippen LogP contribution in [0.1, 0.15) is 57.4 Å². The molecule has 21 heavy (non-hydrogen) atoms. The normalized spacial score (nSPS) is 25.5. The molecule has 1 aromatic rings. The van der Waals surface area contributed by atoms with Crippen LogP contribution in [-0.4, -0.2) is 17.7 Å². The van der Waals surface area contributed by atoms with Crippen molar-refractivity contribution in [1.29, 1.82) is 0 Å². The van der Waals surface area contributed by atoms with Crippen molar-refractivity contribution in [2.75, 3.05) is 6.61 Å². The highest BCUT2D eigenvalue weighted by Crippen LogP contribution is 2.39. The standard InChI is InChI=1S/C18H26O3/c1-3-4-11-21-16-8-5-14(6-9-16)15-7-10-17(18(19)20)13(2)12-15/h5-6,8-9,13,15,17H,3-4,7,10-12H2,1-2H3,(H,19,20). The molecule has 3 heteroatoms. The smallest absolute Gasteiger partial charge is 0.306 e. The van der Waals surface area contributed by atoms with Crippen molar-refractivity contribution in [2.45, 2.75) is 51.9 Å². The molecule has 0 saturated heterocycles. The predicted octanol–water partition coefficient (Wildman–Crippen LogP) is 4.47. The Kier molecular flexibility index (Phi) is 5.66. The number of hydrogen-bond acceptors (Lipinski definition) is 2. The van der Waals surface area contributed by atoms with Gasteiger partial charge in [-0.2, -0.15) is 0 Å². The molecule has 1 N–H and O–H groups in total. The Morgan fingerprint density at radius 1 is 1.29 bits per heavy atom. The fraction of sp³-hybridized carbons (Fsp3) is 0.611. The lowest BCUT2D eigenvalue weighted by molar-refractivity contribution is -0.144. The molecule has 1 fully saturated rings. The van der Waals surface area contributed by atoms with Gasteiger partial charge in [-0.1, -0.05) is 32.4 Å². The third-order valence-electron chi connectivity index (χ3n) is 4.60. The Morgan fingerprint density at radius 2 is 2.00 bits per heavy atom. The van der Waals surface area contributed by atoms with E-state index >= 15 is 0 Å². The summed E-state index contributed by atoms with van der Waals surface area (Å²) < 4.78 is 5.68. The Labute approximate surface area is 127 Å². The minimum Gasteiger partial charge on any atom is -0.494 e. The molecule has 3 unspecified atom stereocenters. The van der Waals surface area contributed by atoms with Gasteiger partial charge in [-0.15, -0.1) is 0 Å². The molecule has 1 aliphatic carbocycles. The number of hydrogen-bond donors (Lipinski definition) is 1. The molecule has 0 heterocycles. The summed E-state index contributed by atoms with van der Waals surface area (Å²) in [6, 6.07) is 8.36. The fourth-order valence-electron chi connectivity index (χ4n) is 3.24. The highest BCUT2D eigenvalue weighted by atomic mass is 16.5. The van der Waals surface area contributed by atoms with Crippen LogP contribution in [0.5, 0.6) is 5.75 Å². The van der Waals surface area contributed by atoms with Gasteiger partial charge in [0.05, 0.1) is 12.5 Å². The quantitative estimate of drug-likeness (QED) is 0.786. The summed E-state index contributed by atoms with van der Waals surface area (Å²) in [6.07, 6.45) is 4.95. The van der Waals surface area contributed by atoms with E-state index in [-0.39, 0.29) is 11.8 Å². The Bertz CT molecular complexity index is 452. The van der Waals surface area contributed by atoms with Crippen LogP contribution in [0, 0.1) is 11.8 Å². The first-order chi connectivity index (χ1) is 10.1. The van der Waals surface area contributed by atoms with Gasteiger partial charge in [0.15, 0.2) is 0 Å². The summed E-state index contributed by atoms with van der Waals surface area (Å²) in [5, 5.41) is 9.19. The van der Waals surface area contributed by atoms with Gasteiger partial charge in [-0.25, -0.2) is 0 Å². The zero-order valence-electron chi connectivity index (χ0n) is 13.0. The average molecular weight is 290 g/mol. The van der Waals surface area contributed by atoms with Crippen LogP contribution in [0.3, 0.4) is 0 Å². The first-order valence-electron chi connectivity index (χ1n) is 8.07. The molecule has 0 bridgehead atoms. The Morgan fingerprint density at radius 3 is 2.57 bits per heavy atom. The van der Waals surface area contributed by atoms with E-state index in [1.165, 1.54) is 5.56 Å². The number of ether oxygens (including phenoxy) is 1. The molecule has 1 saturated carbocycles. The highest BCUT2D eigenvalue weighted by Gasteiger charge is 2.32. The van der Waals surface area contributed by atoms with Crippen molar-refractivity contribution in [1.82, 2.24) is 0 Å². The van der Waals surface area contributed by atoms with E-state index in [2.05, 4.69) is 26.0 Å². The molecule has 0 amide bonds. The van der Waals surface area contributed by atoms with Gasteiger partial charge in [0.25, 0.3) is 0 Å². The number of unbranched alkanes of at least 4 members (excludes halogenated alkanes) is 1. The molecule has 1 aliphatic rings. The van der Waals surface area contributed by atoms with Crippen LogP contribution in [0.25, 0.3) is 0 Å². The molecule has 2 rings (SSSR count). The van der Waals surface area contributed by atoms with Crippen molar-refractivity contribution in [2.24, 2.45) is 11.8 Å². The van der Waals surface area contributed by atoms with Crippen molar-refractivity contribution in [3.63, 3.8) is 0 Å². The maximum atomic E-state index is 11.2. The summed E-state index contributed by atoms with van der Waals surface area (Å²) in [5.74, 6) is 0.861. The highest BCUT2D eigenvalue weighted by molar-refractivity contribution is 5.70. The molecule has 3 nitrogen and oxygen atoms in total. The van der Waals surface area contributed by atoms with Crippen LogP contribution in [0.15, 0.2) is 24.3 Å². The predicted molar refractivity (Wildman–Crippen MR) is 83.7 cm³/mol. The number of carbonyl (C=O) groups is 1. The van der Waals surface area contributed by atoms with E-state index in [1.54, 1.807) is 0 Å². The molecule has 3 atom stereocenters. The third kappa shape index (κ3) is 4.23. The summed E-state index contributed by atoms with van der Waals surface area (Å²) in [7, 11) is 0. The zero-order valence-corrected chi connectivity index (χ0v) is 13.0. The molecule has 0 spiro atoms. The lowest BCUT2D eigenvalue weighted by Gasteiger charge is -2.32. The number of carboxylic acids is 1. The summed E-state index contributed by atoms with van der Waals surface area (Å²) >= 11 is 0. The number of benzene rings is 1. The lowest BCUT2D eigenvalue weighted by atomic mass is 9.73. The zero-order chi connectivity index (χ0) is 15.2. The fourth-order valence-corrected chi connectivity index (χ4v) is 3.24. The first kappa shape index (κ1) is 15.9. The minimum atomic E-state index is -0.638. The number of aliphatic carboxylic acids is 1. The van der Waals surface area contributed by atoms with Crippen LogP contribution in [0.2, 0.25) is 0 Å². The molecule has 1 aromatic carbocycles. The number of rotatable bonds is 6. The van der Waals surface area contributed by atoms with E-state index < -0.39 is 5.97 Å². The van der Waals surface area contributed by atoms with Gasteiger partial charge in [-0.05, 0) is 55.2 Å². The van der Waals surface area contributed by atoms with Gasteiger partial charge >= 0.3 is 5.97 Å². The van der Waals surface area contributed by atoms with E-state index in [4.69, 9.17) is 4.74 Å². The minimum absolute atomic E-state index is 0.169. The second kappa shape index (κ2) is 7.48. The summed E-state index contributed by atoms with van der Waals surface area (Å²) in [4.78, 5) is 11.2. The molecule has 0 radical (unpaired) electrons.